The Morgan fingerprint density at radius 3 is 2.83 bits per heavy atom. The molecular weight excluding hydrogens is 230 g/mol. The molecule has 100 valence electrons. The van der Waals surface area contributed by atoms with E-state index in [-0.39, 0.29) is 24.7 Å². The number of nitrogens with zero attached hydrogens (tertiary/aromatic N) is 2. The minimum atomic E-state index is -0.0661. The predicted octanol–water partition coefficient (Wildman–Crippen LogP) is 1.41. The zero-order valence-electron chi connectivity index (χ0n) is 11.2. The average Bonchev–Trinajstić information content (AvgIpc) is 3.07. The van der Waals surface area contributed by atoms with E-state index in [4.69, 9.17) is 4.74 Å². The maximum Gasteiger partial charge on any atom is 0.246 e. The van der Waals surface area contributed by atoms with Gasteiger partial charge in [-0.1, -0.05) is 0 Å². The smallest absolute Gasteiger partial charge is 0.246 e. The van der Waals surface area contributed by atoms with Crippen molar-refractivity contribution < 1.29 is 9.53 Å². The number of hydrogen-bond donors (Lipinski definition) is 1. The molecule has 1 aromatic rings. The molecule has 0 aromatic carbocycles. The molecule has 1 fully saturated rings. The third kappa shape index (κ3) is 3.32. The van der Waals surface area contributed by atoms with Crippen molar-refractivity contribution >= 4 is 5.91 Å². The van der Waals surface area contributed by atoms with Gasteiger partial charge in [0, 0.05) is 19.4 Å². The fraction of sp³-hybridized carbons (Fsp3) is 0.692. The molecule has 1 amide bonds. The highest BCUT2D eigenvalue weighted by Crippen LogP contribution is 2.40. The Morgan fingerprint density at radius 2 is 2.33 bits per heavy atom. The van der Waals surface area contributed by atoms with Crippen LogP contribution in [0, 0.1) is 5.92 Å². The van der Waals surface area contributed by atoms with Crippen molar-refractivity contribution in [3.8, 4) is 0 Å². The van der Waals surface area contributed by atoms with Crippen LogP contribution < -0.4 is 5.32 Å². The Morgan fingerprint density at radius 1 is 1.61 bits per heavy atom. The normalized spacial score (nSPS) is 16.9. The van der Waals surface area contributed by atoms with Crippen molar-refractivity contribution in [2.75, 3.05) is 6.61 Å². The van der Waals surface area contributed by atoms with Crippen LogP contribution in [-0.2, 0) is 16.6 Å². The number of aromatic nitrogens is 2. The van der Waals surface area contributed by atoms with Crippen LogP contribution in [0.5, 0.6) is 0 Å². The highest BCUT2D eigenvalue weighted by atomic mass is 16.5. The van der Waals surface area contributed by atoms with Crippen molar-refractivity contribution in [2.24, 2.45) is 13.0 Å². The Bertz CT molecular complexity index is 410. The zero-order chi connectivity index (χ0) is 13.1. The average molecular weight is 251 g/mol. The van der Waals surface area contributed by atoms with E-state index in [1.165, 1.54) is 0 Å². The first-order valence-electron chi connectivity index (χ1n) is 6.46. The van der Waals surface area contributed by atoms with Gasteiger partial charge in [-0.15, -0.1) is 0 Å². The molecule has 1 heterocycles. The summed E-state index contributed by atoms with van der Waals surface area (Å²) in [6.07, 6.45) is 6.05. The molecule has 1 saturated carbocycles. The van der Waals surface area contributed by atoms with E-state index in [0.717, 1.165) is 18.7 Å². The molecule has 1 atom stereocenters. The van der Waals surface area contributed by atoms with Gasteiger partial charge in [-0.25, -0.2) is 4.98 Å². The standard InChI is InChI=1S/C13H21N3O2/c1-9(2)18-8-11(17)15-12(10-4-5-10)13-14-6-7-16(13)3/h6-7,9-10,12H,4-5,8H2,1-3H3,(H,15,17)/t12-/m1/s1. The molecule has 0 spiro atoms. The van der Waals surface area contributed by atoms with E-state index in [1.54, 1.807) is 6.20 Å². The van der Waals surface area contributed by atoms with Crippen LogP contribution >= 0.6 is 0 Å². The molecule has 1 aliphatic carbocycles. The number of hydrogen-bond acceptors (Lipinski definition) is 3. The first-order chi connectivity index (χ1) is 8.58. The van der Waals surface area contributed by atoms with Gasteiger partial charge in [0.05, 0.1) is 12.1 Å². The lowest BCUT2D eigenvalue weighted by Crippen LogP contribution is -2.34. The van der Waals surface area contributed by atoms with Crippen molar-refractivity contribution in [1.82, 2.24) is 14.9 Å². The van der Waals surface area contributed by atoms with E-state index >= 15 is 0 Å². The second-order valence-electron chi connectivity index (χ2n) is 5.14. The highest BCUT2D eigenvalue weighted by molar-refractivity contribution is 5.77. The van der Waals surface area contributed by atoms with Crippen LogP contribution in [0.15, 0.2) is 12.4 Å². The summed E-state index contributed by atoms with van der Waals surface area (Å²) in [6, 6.07) is 0.0215. The summed E-state index contributed by atoms with van der Waals surface area (Å²) in [6.45, 7) is 3.96. The number of carbonyl (C=O) groups is 1. The molecule has 0 saturated heterocycles. The van der Waals surface area contributed by atoms with Crippen molar-refractivity contribution in [2.45, 2.75) is 38.8 Å². The Hall–Kier alpha value is -1.36. The van der Waals surface area contributed by atoms with Crippen LogP contribution in [0.3, 0.4) is 0 Å². The molecule has 0 bridgehead atoms. The maximum atomic E-state index is 11.8. The van der Waals surface area contributed by atoms with E-state index in [9.17, 15) is 4.79 Å². The third-order valence-electron chi connectivity index (χ3n) is 3.09. The van der Waals surface area contributed by atoms with Crippen molar-refractivity contribution in [1.29, 1.82) is 0 Å². The van der Waals surface area contributed by atoms with Gasteiger partial charge in [-0.3, -0.25) is 4.79 Å². The summed E-state index contributed by atoms with van der Waals surface area (Å²) in [5.41, 5.74) is 0. The minimum absolute atomic E-state index is 0.0215. The SMILES string of the molecule is CC(C)OCC(=O)N[C@@H](c1nccn1C)C1CC1. The van der Waals surface area contributed by atoms with Gasteiger partial charge < -0.3 is 14.6 Å². The molecular formula is C13H21N3O2. The lowest BCUT2D eigenvalue weighted by molar-refractivity contribution is -0.128. The Balaban J connectivity index is 1.95. The number of imidazole rings is 1. The van der Waals surface area contributed by atoms with E-state index in [1.807, 2.05) is 31.7 Å². The Kier molecular flexibility index (Phi) is 4.01. The van der Waals surface area contributed by atoms with Gasteiger partial charge in [-0.2, -0.15) is 0 Å². The van der Waals surface area contributed by atoms with Gasteiger partial charge in [0.1, 0.15) is 12.4 Å². The molecule has 5 heteroatoms. The zero-order valence-corrected chi connectivity index (χ0v) is 11.2. The molecule has 2 rings (SSSR count). The van der Waals surface area contributed by atoms with E-state index in [0.29, 0.717) is 5.92 Å². The van der Waals surface area contributed by atoms with Crippen LogP contribution in [0.25, 0.3) is 0 Å². The van der Waals surface area contributed by atoms with Gasteiger partial charge in [0.2, 0.25) is 5.91 Å². The number of carbonyl (C=O) groups excluding carboxylic acids is 1. The van der Waals surface area contributed by atoms with E-state index in [2.05, 4.69) is 10.3 Å². The summed E-state index contributed by atoms with van der Waals surface area (Å²) in [4.78, 5) is 16.2. The molecule has 18 heavy (non-hydrogen) atoms. The largest absolute Gasteiger partial charge is 0.369 e. The van der Waals surface area contributed by atoms with Crippen molar-refractivity contribution in [3.05, 3.63) is 18.2 Å². The van der Waals surface area contributed by atoms with Crippen LogP contribution in [-0.4, -0.2) is 28.2 Å². The maximum absolute atomic E-state index is 11.8. The number of nitrogens with one attached hydrogen (secondary N) is 1. The molecule has 1 N–H and O–H groups in total. The van der Waals surface area contributed by atoms with Gasteiger partial charge in [0.25, 0.3) is 0 Å². The molecule has 1 aliphatic rings. The Labute approximate surface area is 108 Å². The number of rotatable bonds is 6. The molecule has 0 unspecified atom stereocenters. The van der Waals surface area contributed by atoms with Crippen LogP contribution in [0.4, 0.5) is 0 Å². The topological polar surface area (TPSA) is 56.1 Å². The number of ether oxygens (including phenoxy) is 1. The highest BCUT2D eigenvalue weighted by Gasteiger charge is 2.35. The van der Waals surface area contributed by atoms with Crippen LogP contribution in [0.1, 0.15) is 38.6 Å². The molecule has 1 aromatic heterocycles. The fourth-order valence-electron chi connectivity index (χ4n) is 1.96. The summed E-state index contributed by atoms with van der Waals surface area (Å²) < 4.78 is 7.28. The summed E-state index contributed by atoms with van der Waals surface area (Å²) in [5, 5.41) is 3.03. The second-order valence-corrected chi connectivity index (χ2v) is 5.14. The second kappa shape index (κ2) is 5.52. The van der Waals surface area contributed by atoms with Gasteiger partial charge in [0.15, 0.2) is 0 Å². The fourth-order valence-corrected chi connectivity index (χ4v) is 1.96. The van der Waals surface area contributed by atoms with E-state index < -0.39 is 0 Å². The van der Waals surface area contributed by atoms with Crippen molar-refractivity contribution in [3.63, 3.8) is 0 Å². The molecule has 0 aliphatic heterocycles. The summed E-state index contributed by atoms with van der Waals surface area (Å²) in [7, 11) is 1.95. The van der Waals surface area contributed by atoms with Gasteiger partial charge in [-0.05, 0) is 32.6 Å². The first kappa shape index (κ1) is 13.1. The summed E-state index contributed by atoms with van der Waals surface area (Å²) >= 11 is 0. The third-order valence-corrected chi connectivity index (χ3v) is 3.09. The lowest BCUT2D eigenvalue weighted by Gasteiger charge is -2.18. The molecule has 5 nitrogen and oxygen atoms in total. The summed E-state index contributed by atoms with van der Waals surface area (Å²) in [5.74, 6) is 1.38. The lowest BCUT2D eigenvalue weighted by atomic mass is 10.1. The predicted molar refractivity (Wildman–Crippen MR) is 67.9 cm³/mol. The number of amides is 1. The minimum Gasteiger partial charge on any atom is -0.369 e. The monoisotopic (exact) mass is 251 g/mol. The quantitative estimate of drug-likeness (QED) is 0.831. The number of aryl methyl sites for hydroxylation is 1. The first-order valence-corrected chi connectivity index (χ1v) is 6.46. The molecule has 0 radical (unpaired) electrons. The van der Waals surface area contributed by atoms with Crippen LogP contribution in [0.2, 0.25) is 0 Å². The van der Waals surface area contributed by atoms with Gasteiger partial charge >= 0.3 is 0 Å².